The number of pyridine rings is 2. The molecule has 2 unspecified atom stereocenters. The highest BCUT2D eigenvalue weighted by atomic mass is 35.5. The maximum Gasteiger partial charge on any atom is 0.213 e. The Hall–Kier alpha value is -2.49. The first-order valence-electron chi connectivity index (χ1n) is 18.7. The van der Waals surface area contributed by atoms with E-state index >= 15 is 0 Å². The summed E-state index contributed by atoms with van der Waals surface area (Å²) in [7, 11) is 0. The van der Waals surface area contributed by atoms with Crippen molar-refractivity contribution in [1.29, 1.82) is 0 Å². The van der Waals surface area contributed by atoms with Crippen molar-refractivity contribution in [3.05, 3.63) is 76.2 Å². The van der Waals surface area contributed by atoms with E-state index in [9.17, 15) is 0 Å². The van der Waals surface area contributed by atoms with E-state index in [1.165, 1.54) is 24.0 Å². The molecular formula is C40H63ClN2O10. The van der Waals surface area contributed by atoms with Crippen molar-refractivity contribution in [3.8, 4) is 5.88 Å². The zero-order chi connectivity index (χ0) is 38.2. The molecule has 2 aliphatic rings. The van der Waals surface area contributed by atoms with Crippen LogP contribution in [-0.2, 0) is 51.1 Å². The molecule has 0 saturated carbocycles. The predicted octanol–water partition coefficient (Wildman–Crippen LogP) is 7.26. The van der Waals surface area contributed by atoms with Crippen LogP contribution in [0.4, 0.5) is 0 Å². The number of halogens is 1. The van der Waals surface area contributed by atoms with Crippen LogP contribution in [0.2, 0.25) is 5.15 Å². The van der Waals surface area contributed by atoms with Crippen LogP contribution < -0.4 is 4.74 Å². The van der Waals surface area contributed by atoms with Crippen molar-refractivity contribution in [2.75, 3.05) is 79.3 Å². The number of nitrogens with zero attached hydrogens (tertiary/aromatic N) is 2. The van der Waals surface area contributed by atoms with Gasteiger partial charge in [-0.1, -0.05) is 41.0 Å². The van der Waals surface area contributed by atoms with Gasteiger partial charge in [-0.25, -0.2) is 9.97 Å². The number of ether oxygens (including phenoxy) is 9. The molecule has 2 saturated heterocycles. The van der Waals surface area contributed by atoms with Crippen LogP contribution in [-0.4, -0.2) is 107 Å². The van der Waals surface area contributed by atoms with Gasteiger partial charge < -0.3 is 47.7 Å². The average molecular weight is 767 g/mol. The molecule has 2 aromatic heterocycles. The Morgan fingerprint density at radius 2 is 1.21 bits per heavy atom. The molecule has 0 spiro atoms. The maximum atomic E-state index is 8.42. The number of hydrogen-bond acceptors (Lipinski definition) is 12. The van der Waals surface area contributed by atoms with E-state index in [1.54, 1.807) is 18.5 Å². The van der Waals surface area contributed by atoms with E-state index in [4.69, 9.17) is 59.3 Å². The largest absolute Gasteiger partial charge is 0.475 e. The minimum Gasteiger partial charge on any atom is -0.475 e. The van der Waals surface area contributed by atoms with Crippen molar-refractivity contribution in [2.24, 2.45) is 0 Å². The lowest BCUT2D eigenvalue weighted by atomic mass is 10.2. The lowest BCUT2D eigenvalue weighted by Gasteiger charge is -2.22. The van der Waals surface area contributed by atoms with Gasteiger partial charge in [-0.3, -0.25) is 0 Å². The third-order valence-electron chi connectivity index (χ3n) is 7.39. The second kappa shape index (κ2) is 31.8. The van der Waals surface area contributed by atoms with E-state index in [0.717, 1.165) is 50.0 Å². The Balaban J connectivity index is 0.000000303. The van der Waals surface area contributed by atoms with E-state index < -0.39 is 0 Å². The van der Waals surface area contributed by atoms with E-state index in [0.29, 0.717) is 83.7 Å². The van der Waals surface area contributed by atoms with Gasteiger partial charge in [0, 0.05) is 31.7 Å². The molecule has 53 heavy (non-hydrogen) atoms. The molecule has 0 amide bonds. The Kier molecular flexibility index (Phi) is 28.0. The van der Waals surface area contributed by atoms with Gasteiger partial charge in [0.1, 0.15) is 11.8 Å². The van der Waals surface area contributed by atoms with Crippen LogP contribution in [0.5, 0.6) is 5.88 Å². The van der Waals surface area contributed by atoms with Crippen molar-refractivity contribution in [3.63, 3.8) is 0 Å². The predicted molar refractivity (Wildman–Crippen MR) is 205 cm³/mol. The first-order chi connectivity index (χ1) is 25.9. The number of aliphatic hydroxyl groups excluding tert-OH is 1. The molecule has 300 valence electrons. The van der Waals surface area contributed by atoms with Crippen LogP contribution >= 0.6 is 11.6 Å². The summed E-state index contributed by atoms with van der Waals surface area (Å²) in [5, 5.41) is 8.94. The Morgan fingerprint density at radius 3 is 1.66 bits per heavy atom. The Bertz CT molecular complexity index is 1200. The van der Waals surface area contributed by atoms with Crippen molar-refractivity contribution < 1.29 is 47.7 Å². The molecule has 2 fully saturated rings. The Labute approximate surface area is 322 Å². The summed E-state index contributed by atoms with van der Waals surface area (Å²) in [6.45, 7) is 15.8. The summed E-state index contributed by atoms with van der Waals surface area (Å²) < 4.78 is 48.9. The highest BCUT2D eigenvalue weighted by molar-refractivity contribution is 6.29. The number of aliphatic hydroxyl groups is 1. The first kappa shape index (κ1) is 46.7. The number of hydrogen-bond donors (Lipinski definition) is 1. The summed E-state index contributed by atoms with van der Waals surface area (Å²) in [6.07, 6.45) is 14.1. The zero-order valence-electron chi connectivity index (χ0n) is 32.3. The lowest BCUT2D eigenvalue weighted by molar-refractivity contribution is -0.169. The number of aromatic nitrogens is 2. The monoisotopic (exact) mass is 766 g/mol. The Morgan fingerprint density at radius 1 is 0.679 bits per heavy atom. The second-order valence-electron chi connectivity index (χ2n) is 12.7. The fourth-order valence-electron chi connectivity index (χ4n) is 4.51. The van der Waals surface area contributed by atoms with Gasteiger partial charge in [0.25, 0.3) is 0 Å². The van der Waals surface area contributed by atoms with Crippen molar-refractivity contribution in [1.82, 2.24) is 9.97 Å². The van der Waals surface area contributed by atoms with Gasteiger partial charge in [0.15, 0.2) is 12.6 Å². The van der Waals surface area contributed by atoms with Crippen LogP contribution in [0.25, 0.3) is 0 Å². The van der Waals surface area contributed by atoms with Gasteiger partial charge in [-0.2, -0.15) is 0 Å². The van der Waals surface area contributed by atoms with Crippen LogP contribution in [0.1, 0.15) is 77.3 Å². The minimum absolute atomic E-state index is 0.0357. The first-order valence-corrected chi connectivity index (χ1v) is 19.1. The zero-order valence-corrected chi connectivity index (χ0v) is 33.1. The summed E-state index contributed by atoms with van der Waals surface area (Å²) >= 11 is 5.65. The summed E-state index contributed by atoms with van der Waals surface area (Å²) in [6, 6.07) is 7.49. The quantitative estimate of drug-likeness (QED) is 0.0736. The third kappa shape index (κ3) is 26.9. The SMILES string of the molecule is CC(C)=CCOCc1ccc(Cl)nc1.CC(C)=CCOCc1ccc(OCCOCCOC2CCCCO2)nc1.OCCOCCOC1CCCCO1. The van der Waals surface area contributed by atoms with Gasteiger partial charge in [0.2, 0.25) is 5.88 Å². The molecule has 2 aliphatic heterocycles. The highest BCUT2D eigenvalue weighted by Crippen LogP contribution is 2.14. The molecule has 4 heterocycles. The number of rotatable bonds is 22. The molecule has 0 bridgehead atoms. The molecule has 4 rings (SSSR count). The summed E-state index contributed by atoms with van der Waals surface area (Å²) in [4.78, 5) is 8.24. The molecular weight excluding hydrogens is 704 g/mol. The van der Waals surface area contributed by atoms with Crippen molar-refractivity contribution in [2.45, 2.75) is 92.0 Å². The molecule has 0 radical (unpaired) electrons. The van der Waals surface area contributed by atoms with E-state index in [1.807, 2.05) is 38.1 Å². The van der Waals surface area contributed by atoms with Crippen molar-refractivity contribution >= 4 is 11.6 Å². The second-order valence-corrected chi connectivity index (χ2v) is 13.1. The van der Waals surface area contributed by atoms with Crippen LogP contribution in [0, 0.1) is 0 Å². The summed E-state index contributed by atoms with van der Waals surface area (Å²) in [5.41, 5.74) is 4.58. The normalized spacial score (nSPS) is 16.7. The molecule has 12 nitrogen and oxygen atoms in total. The van der Waals surface area contributed by atoms with Gasteiger partial charge in [0.05, 0.1) is 72.7 Å². The third-order valence-corrected chi connectivity index (χ3v) is 7.62. The lowest BCUT2D eigenvalue weighted by Crippen LogP contribution is -2.24. The molecule has 0 aliphatic carbocycles. The topological polar surface area (TPSA) is 129 Å². The van der Waals surface area contributed by atoms with Gasteiger partial charge >= 0.3 is 0 Å². The summed E-state index contributed by atoms with van der Waals surface area (Å²) in [5.74, 6) is 0.591. The molecule has 0 aromatic carbocycles. The van der Waals surface area contributed by atoms with E-state index in [-0.39, 0.29) is 19.2 Å². The van der Waals surface area contributed by atoms with Gasteiger partial charge in [-0.15, -0.1) is 0 Å². The smallest absolute Gasteiger partial charge is 0.213 e. The van der Waals surface area contributed by atoms with Crippen LogP contribution in [0.15, 0.2) is 60.0 Å². The molecule has 2 atom stereocenters. The number of allylic oxidation sites excluding steroid dienone is 2. The molecule has 2 aromatic rings. The highest BCUT2D eigenvalue weighted by Gasteiger charge is 2.14. The standard InChI is InChI=1S/C20H31NO5.C11H14ClNO.C9H18O4/c1-17(2)8-10-23-16-18-6-7-19(21-15-18)24-13-11-22-12-14-26-20-5-3-4-9-25-20;1-9(2)5-6-14-8-10-3-4-11(12)13-7-10;10-4-6-11-7-8-13-9-3-1-2-5-12-9/h6-8,15,20H,3-5,9-14,16H2,1-2H3;3-5,7H,6,8H2,1-2H3;9-10H,1-8H2. The average Bonchev–Trinajstić information content (AvgIpc) is 3.17. The van der Waals surface area contributed by atoms with E-state index in [2.05, 4.69) is 29.9 Å². The minimum atomic E-state index is -0.0580. The maximum absolute atomic E-state index is 8.42. The fourth-order valence-corrected chi connectivity index (χ4v) is 4.63. The van der Waals surface area contributed by atoms with Gasteiger partial charge in [-0.05, 0) is 89.5 Å². The molecule has 13 heteroatoms. The molecule has 1 N–H and O–H groups in total. The fraction of sp³-hybridized carbons (Fsp3) is 0.650. The van der Waals surface area contributed by atoms with Crippen LogP contribution in [0.3, 0.4) is 0 Å².